The maximum absolute atomic E-state index is 11.5. The number of carbonyl (C=O) groups is 1. The van der Waals surface area contributed by atoms with E-state index in [1.165, 1.54) is 13.2 Å². The summed E-state index contributed by atoms with van der Waals surface area (Å²) in [5, 5.41) is 0. The highest BCUT2D eigenvalue weighted by Gasteiger charge is 2.13. The van der Waals surface area contributed by atoms with Gasteiger partial charge in [-0.2, -0.15) is 0 Å². The highest BCUT2D eigenvalue weighted by Crippen LogP contribution is 2.22. The van der Waals surface area contributed by atoms with E-state index in [4.69, 9.17) is 15.2 Å². The zero-order valence-corrected chi connectivity index (χ0v) is 10.9. The molecule has 2 N–H and O–H groups in total. The molecule has 1 aromatic rings. The highest BCUT2D eigenvalue weighted by atomic mass is 16.5. The number of nitrogens with two attached hydrogens (primary N) is 1. The predicted molar refractivity (Wildman–Crippen MR) is 68.8 cm³/mol. The van der Waals surface area contributed by atoms with E-state index < -0.39 is 5.97 Å². The van der Waals surface area contributed by atoms with Crippen LogP contribution in [0.2, 0.25) is 0 Å². The van der Waals surface area contributed by atoms with Crippen LogP contribution in [0.25, 0.3) is 0 Å². The summed E-state index contributed by atoms with van der Waals surface area (Å²) in [5.41, 5.74) is 6.44. The molecule has 0 aliphatic carbocycles. The molecule has 0 unspecified atom stereocenters. The average Bonchev–Trinajstić information content (AvgIpc) is 2.34. The smallest absolute Gasteiger partial charge is 0.341 e. The molecule has 0 bridgehead atoms. The molecule has 0 aliphatic rings. The number of ether oxygens (including phenoxy) is 3. The van der Waals surface area contributed by atoms with Crippen molar-refractivity contribution in [3.8, 4) is 5.75 Å². The molecule has 100 valence electrons. The van der Waals surface area contributed by atoms with Crippen molar-refractivity contribution in [2.75, 3.05) is 26.1 Å². The van der Waals surface area contributed by atoms with Crippen LogP contribution < -0.4 is 10.5 Å². The fraction of sp³-hybridized carbons (Fsp3) is 0.462. The minimum Gasteiger partial charge on any atom is -0.490 e. The van der Waals surface area contributed by atoms with Crippen molar-refractivity contribution in [3.05, 3.63) is 23.8 Å². The van der Waals surface area contributed by atoms with Gasteiger partial charge < -0.3 is 19.9 Å². The van der Waals surface area contributed by atoms with Crippen molar-refractivity contribution in [2.45, 2.75) is 20.0 Å². The van der Waals surface area contributed by atoms with Gasteiger partial charge in [-0.1, -0.05) is 0 Å². The van der Waals surface area contributed by atoms with Gasteiger partial charge in [-0.05, 0) is 32.0 Å². The average molecular weight is 253 g/mol. The Labute approximate surface area is 107 Å². The molecule has 0 atom stereocenters. The summed E-state index contributed by atoms with van der Waals surface area (Å²) in [4.78, 5) is 11.5. The van der Waals surface area contributed by atoms with E-state index in [2.05, 4.69) is 4.74 Å². The number of esters is 1. The Balaban J connectivity index is 2.66. The summed E-state index contributed by atoms with van der Waals surface area (Å²) in [6.45, 7) is 4.72. The first kappa shape index (κ1) is 14.3. The summed E-state index contributed by atoms with van der Waals surface area (Å²) in [6, 6.07) is 4.85. The first-order valence-corrected chi connectivity index (χ1v) is 5.77. The third-order valence-corrected chi connectivity index (χ3v) is 2.20. The maximum Gasteiger partial charge on any atom is 0.341 e. The van der Waals surface area contributed by atoms with Gasteiger partial charge in [0.05, 0.1) is 19.8 Å². The van der Waals surface area contributed by atoms with Crippen LogP contribution in [0.5, 0.6) is 5.75 Å². The molecule has 0 saturated heterocycles. The molecule has 0 heterocycles. The second-order valence-electron chi connectivity index (χ2n) is 4.02. The molecule has 5 nitrogen and oxygen atoms in total. The van der Waals surface area contributed by atoms with Crippen LogP contribution >= 0.6 is 0 Å². The fourth-order valence-corrected chi connectivity index (χ4v) is 1.38. The van der Waals surface area contributed by atoms with Crippen molar-refractivity contribution in [1.82, 2.24) is 0 Å². The summed E-state index contributed by atoms with van der Waals surface area (Å²) in [7, 11) is 1.32. The molecule has 5 heteroatoms. The number of hydrogen-bond donors (Lipinski definition) is 1. The first-order valence-electron chi connectivity index (χ1n) is 5.77. The van der Waals surface area contributed by atoms with E-state index in [1.54, 1.807) is 12.1 Å². The minimum absolute atomic E-state index is 0.153. The number of rotatable bonds is 6. The van der Waals surface area contributed by atoms with Crippen LogP contribution in [0.1, 0.15) is 24.2 Å². The van der Waals surface area contributed by atoms with E-state index in [1.807, 2.05) is 13.8 Å². The lowest BCUT2D eigenvalue weighted by Crippen LogP contribution is -2.13. The number of methoxy groups -OCH3 is 1. The Kier molecular flexibility index (Phi) is 5.45. The van der Waals surface area contributed by atoms with Crippen LogP contribution in [0.3, 0.4) is 0 Å². The van der Waals surface area contributed by atoms with Gasteiger partial charge in [0, 0.05) is 5.69 Å². The zero-order chi connectivity index (χ0) is 13.5. The summed E-state index contributed by atoms with van der Waals surface area (Å²) in [5.74, 6) is -0.0227. The standard InChI is InChI=1S/C13H19NO4/c1-9(2)17-6-7-18-12-5-4-10(14)8-11(12)13(15)16-3/h4-5,8-9H,6-7,14H2,1-3H3. The molecule has 0 spiro atoms. The third-order valence-electron chi connectivity index (χ3n) is 2.20. The van der Waals surface area contributed by atoms with Gasteiger partial charge in [0.2, 0.25) is 0 Å². The molecular formula is C13H19NO4. The molecule has 0 amide bonds. The van der Waals surface area contributed by atoms with Crippen molar-refractivity contribution in [2.24, 2.45) is 0 Å². The predicted octanol–water partition coefficient (Wildman–Crippen LogP) is 1.86. The zero-order valence-electron chi connectivity index (χ0n) is 10.9. The van der Waals surface area contributed by atoms with Gasteiger partial charge in [0.1, 0.15) is 17.9 Å². The molecule has 0 fully saturated rings. The van der Waals surface area contributed by atoms with Gasteiger partial charge in [0.25, 0.3) is 0 Å². The van der Waals surface area contributed by atoms with Crippen molar-refractivity contribution < 1.29 is 19.0 Å². The van der Waals surface area contributed by atoms with Gasteiger partial charge in [-0.15, -0.1) is 0 Å². The second-order valence-corrected chi connectivity index (χ2v) is 4.02. The van der Waals surface area contributed by atoms with E-state index in [0.29, 0.717) is 30.2 Å². The lowest BCUT2D eigenvalue weighted by atomic mass is 10.2. The number of carbonyl (C=O) groups excluding carboxylic acids is 1. The van der Waals surface area contributed by atoms with E-state index >= 15 is 0 Å². The number of anilines is 1. The molecule has 0 aliphatic heterocycles. The van der Waals surface area contributed by atoms with Gasteiger partial charge >= 0.3 is 5.97 Å². The summed E-state index contributed by atoms with van der Waals surface area (Å²) >= 11 is 0. The quantitative estimate of drug-likeness (QED) is 0.476. The largest absolute Gasteiger partial charge is 0.490 e. The Morgan fingerprint density at radius 2 is 2.06 bits per heavy atom. The van der Waals surface area contributed by atoms with E-state index in [-0.39, 0.29) is 6.10 Å². The van der Waals surface area contributed by atoms with Crippen LogP contribution in [-0.4, -0.2) is 32.4 Å². The van der Waals surface area contributed by atoms with Crippen LogP contribution in [-0.2, 0) is 9.47 Å². The molecule has 0 saturated carbocycles. The Morgan fingerprint density at radius 3 is 2.67 bits per heavy atom. The second kappa shape index (κ2) is 6.86. The number of hydrogen-bond acceptors (Lipinski definition) is 5. The minimum atomic E-state index is -0.470. The van der Waals surface area contributed by atoms with Crippen molar-refractivity contribution >= 4 is 11.7 Å². The van der Waals surface area contributed by atoms with Crippen LogP contribution in [0.15, 0.2) is 18.2 Å². The van der Waals surface area contributed by atoms with Crippen molar-refractivity contribution in [3.63, 3.8) is 0 Å². The third kappa shape index (κ3) is 4.25. The monoisotopic (exact) mass is 253 g/mol. The molecule has 1 aromatic carbocycles. The van der Waals surface area contributed by atoms with Crippen molar-refractivity contribution in [1.29, 1.82) is 0 Å². The molecule has 18 heavy (non-hydrogen) atoms. The Bertz CT molecular complexity index is 404. The lowest BCUT2D eigenvalue weighted by Gasteiger charge is -2.12. The molecule has 0 radical (unpaired) electrons. The SMILES string of the molecule is COC(=O)c1cc(N)ccc1OCCOC(C)C. The lowest BCUT2D eigenvalue weighted by molar-refractivity contribution is 0.0522. The summed E-state index contributed by atoms with van der Waals surface area (Å²) < 4.78 is 15.5. The highest BCUT2D eigenvalue weighted by molar-refractivity contribution is 5.93. The first-order chi connectivity index (χ1) is 8.54. The van der Waals surface area contributed by atoms with Gasteiger partial charge in [0.15, 0.2) is 0 Å². The Hall–Kier alpha value is -1.75. The summed E-state index contributed by atoms with van der Waals surface area (Å²) in [6.07, 6.45) is 0.153. The van der Waals surface area contributed by atoms with E-state index in [0.717, 1.165) is 0 Å². The van der Waals surface area contributed by atoms with Crippen LogP contribution in [0, 0.1) is 0 Å². The number of benzene rings is 1. The van der Waals surface area contributed by atoms with Gasteiger partial charge in [-0.3, -0.25) is 0 Å². The normalized spacial score (nSPS) is 10.4. The topological polar surface area (TPSA) is 70.8 Å². The molecule has 0 aromatic heterocycles. The molecular weight excluding hydrogens is 234 g/mol. The maximum atomic E-state index is 11.5. The Morgan fingerprint density at radius 1 is 1.33 bits per heavy atom. The number of nitrogen functional groups attached to an aromatic ring is 1. The molecule has 1 rings (SSSR count). The van der Waals surface area contributed by atoms with Crippen LogP contribution in [0.4, 0.5) is 5.69 Å². The van der Waals surface area contributed by atoms with E-state index in [9.17, 15) is 4.79 Å². The fourth-order valence-electron chi connectivity index (χ4n) is 1.38. The van der Waals surface area contributed by atoms with Gasteiger partial charge in [-0.25, -0.2) is 4.79 Å².